The van der Waals surface area contributed by atoms with E-state index in [9.17, 15) is 4.79 Å². The Morgan fingerprint density at radius 2 is 2.19 bits per heavy atom. The van der Waals surface area contributed by atoms with Gasteiger partial charge in [0.25, 0.3) is 5.91 Å². The fourth-order valence-corrected chi connectivity index (χ4v) is 2.30. The van der Waals surface area contributed by atoms with Gasteiger partial charge in [0.15, 0.2) is 0 Å². The van der Waals surface area contributed by atoms with Crippen LogP contribution in [0.5, 0.6) is 5.75 Å². The van der Waals surface area contributed by atoms with Gasteiger partial charge in [0.2, 0.25) is 0 Å². The lowest BCUT2D eigenvalue weighted by atomic mass is 10.1. The molecule has 1 aliphatic rings. The zero-order chi connectivity index (χ0) is 15.1. The summed E-state index contributed by atoms with van der Waals surface area (Å²) in [5.74, 6) is 0.596. The number of rotatable bonds is 6. The van der Waals surface area contributed by atoms with Crippen molar-refractivity contribution in [3.63, 3.8) is 0 Å². The molecule has 1 fully saturated rings. The van der Waals surface area contributed by atoms with Crippen LogP contribution in [0.25, 0.3) is 0 Å². The quantitative estimate of drug-likeness (QED) is 0.783. The van der Waals surface area contributed by atoms with Gasteiger partial charge in [-0.1, -0.05) is 6.07 Å². The highest BCUT2D eigenvalue weighted by atomic mass is 16.5. The summed E-state index contributed by atoms with van der Waals surface area (Å²) in [4.78, 5) is 12.4. The molecule has 0 radical (unpaired) electrons. The topological polar surface area (TPSA) is 67.8 Å². The van der Waals surface area contributed by atoms with Crippen LogP contribution in [0.3, 0.4) is 0 Å². The Bertz CT molecular complexity index is 469. The fraction of sp³-hybridized carbons (Fsp3) is 0.562. The first-order valence-corrected chi connectivity index (χ1v) is 7.43. The Hall–Kier alpha value is -1.59. The molecule has 0 saturated carbocycles. The molecule has 0 atom stereocenters. The van der Waals surface area contributed by atoms with Crippen LogP contribution in [0.15, 0.2) is 18.2 Å². The van der Waals surface area contributed by atoms with Crippen molar-refractivity contribution < 1.29 is 19.4 Å². The normalized spacial score (nSPS) is 15.7. The summed E-state index contributed by atoms with van der Waals surface area (Å²) >= 11 is 0. The minimum absolute atomic E-state index is 0.0630. The standard InChI is InChI=1S/C16H23NO4/c1-12-3-4-14(21-8-2-7-18)11-15(12)16(19)17-13-5-9-20-10-6-13/h3-4,11,13,18H,2,5-10H2,1H3,(H,17,19). The number of nitrogens with one attached hydrogen (secondary N) is 1. The van der Waals surface area contributed by atoms with E-state index in [1.54, 1.807) is 6.07 Å². The van der Waals surface area contributed by atoms with Crippen molar-refractivity contribution >= 4 is 5.91 Å². The van der Waals surface area contributed by atoms with E-state index in [1.165, 1.54) is 0 Å². The second kappa shape index (κ2) is 8.00. The predicted octanol–water partition coefficient (Wildman–Crippen LogP) is 1.67. The number of carbonyl (C=O) groups excluding carboxylic acids is 1. The lowest BCUT2D eigenvalue weighted by molar-refractivity contribution is 0.0696. The molecule has 1 heterocycles. The lowest BCUT2D eigenvalue weighted by Crippen LogP contribution is -2.39. The first kappa shape index (κ1) is 15.8. The second-order valence-corrected chi connectivity index (χ2v) is 5.26. The molecular formula is C16H23NO4. The minimum atomic E-state index is -0.0630. The van der Waals surface area contributed by atoms with E-state index in [4.69, 9.17) is 14.6 Å². The van der Waals surface area contributed by atoms with Crippen molar-refractivity contribution in [2.45, 2.75) is 32.2 Å². The fourth-order valence-electron chi connectivity index (χ4n) is 2.30. The molecule has 116 valence electrons. The van der Waals surface area contributed by atoms with Gasteiger partial charge in [-0.05, 0) is 37.5 Å². The zero-order valence-corrected chi connectivity index (χ0v) is 12.4. The molecule has 2 N–H and O–H groups in total. The molecule has 5 nitrogen and oxygen atoms in total. The van der Waals surface area contributed by atoms with Crippen LogP contribution in [-0.2, 0) is 4.74 Å². The molecule has 5 heteroatoms. The van der Waals surface area contributed by atoms with Gasteiger partial charge in [0.05, 0.1) is 6.61 Å². The molecule has 0 spiro atoms. The Kier molecular flexibility index (Phi) is 6.02. The maximum absolute atomic E-state index is 12.4. The predicted molar refractivity (Wildman–Crippen MR) is 79.7 cm³/mol. The van der Waals surface area contributed by atoms with Gasteiger partial charge in [-0.3, -0.25) is 4.79 Å². The monoisotopic (exact) mass is 293 g/mol. The van der Waals surface area contributed by atoms with Gasteiger partial charge in [-0.15, -0.1) is 0 Å². The highest BCUT2D eigenvalue weighted by Crippen LogP contribution is 2.18. The van der Waals surface area contributed by atoms with Crippen LogP contribution in [0, 0.1) is 6.92 Å². The van der Waals surface area contributed by atoms with E-state index in [-0.39, 0.29) is 18.6 Å². The maximum Gasteiger partial charge on any atom is 0.251 e. The molecule has 1 amide bonds. The van der Waals surface area contributed by atoms with Gasteiger partial charge >= 0.3 is 0 Å². The third kappa shape index (κ3) is 4.72. The average molecular weight is 293 g/mol. The molecule has 0 unspecified atom stereocenters. The van der Waals surface area contributed by atoms with Gasteiger partial charge < -0.3 is 19.9 Å². The Labute approximate surface area is 125 Å². The van der Waals surface area contributed by atoms with Gasteiger partial charge in [-0.25, -0.2) is 0 Å². The second-order valence-electron chi connectivity index (χ2n) is 5.26. The largest absolute Gasteiger partial charge is 0.493 e. The van der Waals surface area contributed by atoms with E-state index in [1.807, 2.05) is 19.1 Å². The van der Waals surface area contributed by atoms with Crippen LogP contribution >= 0.6 is 0 Å². The third-order valence-corrected chi connectivity index (χ3v) is 3.58. The van der Waals surface area contributed by atoms with Crippen molar-refractivity contribution in [2.75, 3.05) is 26.4 Å². The summed E-state index contributed by atoms with van der Waals surface area (Å²) in [6, 6.07) is 5.68. The number of ether oxygens (including phenoxy) is 2. The summed E-state index contributed by atoms with van der Waals surface area (Å²) in [6.45, 7) is 3.86. The molecule has 0 bridgehead atoms. The number of hydrogen-bond donors (Lipinski definition) is 2. The van der Waals surface area contributed by atoms with E-state index in [0.717, 1.165) is 18.4 Å². The number of hydrogen-bond acceptors (Lipinski definition) is 4. The summed E-state index contributed by atoms with van der Waals surface area (Å²) in [6.07, 6.45) is 2.30. The van der Waals surface area contributed by atoms with Crippen LogP contribution in [0.2, 0.25) is 0 Å². The summed E-state index contributed by atoms with van der Waals surface area (Å²) in [5.41, 5.74) is 1.57. The van der Waals surface area contributed by atoms with Crippen molar-refractivity contribution in [3.8, 4) is 5.75 Å². The van der Waals surface area contributed by atoms with Gasteiger partial charge in [-0.2, -0.15) is 0 Å². The molecule has 21 heavy (non-hydrogen) atoms. The van der Waals surface area contributed by atoms with Crippen molar-refractivity contribution in [2.24, 2.45) is 0 Å². The van der Waals surface area contributed by atoms with Crippen LogP contribution in [0.1, 0.15) is 35.2 Å². The Morgan fingerprint density at radius 3 is 2.90 bits per heavy atom. The number of aliphatic hydroxyl groups is 1. The number of carbonyl (C=O) groups is 1. The zero-order valence-electron chi connectivity index (χ0n) is 12.4. The number of aliphatic hydroxyl groups excluding tert-OH is 1. The van der Waals surface area contributed by atoms with Crippen molar-refractivity contribution in [1.29, 1.82) is 0 Å². The first-order chi connectivity index (χ1) is 10.2. The smallest absolute Gasteiger partial charge is 0.251 e. The average Bonchev–Trinajstić information content (AvgIpc) is 2.50. The van der Waals surface area contributed by atoms with E-state index >= 15 is 0 Å². The molecule has 2 rings (SSSR count). The van der Waals surface area contributed by atoms with Gasteiger partial charge in [0.1, 0.15) is 5.75 Å². The van der Waals surface area contributed by atoms with E-state index in [0.29, 0.717) is 37.6 Å². The minimum Gasteiger partial charge on any atom is -0.493 e. The number of aryl methyl sites for hydroxylation is 1. The molecule has 0 aliphatic carbocycles. The molecule has 1 aliphatic heterocycles. The Balaban J connectivity index is 1.99. The van der Waals surface area contributed by atoms with E-state index in [2.05, 4.69) is 5.32 Å². The van der Waals surface area contributed by atoms with Crippen molar-refractivity contribution in [1.82, 2.24) is 5.32 Å². The van der Waals surface area contributed by atoms with Crippen molar-refractivity contribution in [3.05, 3.63) is 29.3 Å². The summed E-state index contributed by atoms with van der Waals surface area (Å²) in [7, 11) is 0. The molecule has 1 aromatic carbocycles. The SMILES string of the molecule is Cc1ccc(OCCCO)cc1C(=O)NC1CCOCC1. The lowest BCUT2D eigenvalue weighted by Gasteiger charge is -2.23. The van der Waals surface area contributed by atoms with Crippen LogP contribution in [0.4, 0.5) is 0 Å². The number of amides is 1. The third-order valence-electron chi connectivity index (χ3n) is 3.58. The Morgan fingerprint density at radius 1 is 1.43 bits per heavy atom. The molecule has 1 aromatic rings. The summed E-state index contributed by atoms with van der Waals surface area (Å²) in [5, 5.41) is 11.8. The van der Waals surface area contributed by atoms with E-state index < -0.39 is 0 Å². The molecule has 0 aromatic heterocycles. The number of benzene rings is 1. The highest BCUT2D eigenvalue weighted by molar-refractivity contribution is 5.96. The van der Waals surface area contributed by atoms with Crippen LogP contribution in [-0.4, -0.2) is 43.5 Å². The van der Waals surface area contributed by atoms with Crippen LogP contribution < -0.4 is 10.1 Å². The first-order valence-electron chi connectivity index (χ1n) is 7.43. The molecular weight excluding hydrogens is 270 g/mol. The highest BCUT2D eigenvalue weighted by Gasteiger charge is 2.18. The summed E-state index contributed by atoms with van der Waals surface area (Å²) < 4.78 is 10.8. The maximum atomic E-state index is 12.4. The molecule has 1 saturated heterocycles. The van der Waals surface area contributed by atoms with Gasteiger partial charge in [0, 0.05) is 37.8 Å².